The van der Waals surface area contributed by atoms with Crippen molar-refractivity contribution in [3.8, 4) is 23.8 Å². The molecule has 0 bridgehead atoms. The number of thioether (sulfide) groups is 1. The lowest BCUT2D eigenvalue weighted by Gasteiger charge is -2.14. The summed E-state index contributed by atoms with van der Waals surface area (Å²) in [5, 5.41) is 0.540. The molecule has 0 aliphatic carbocycles. The van der Waals surface area contributed by atoms with Gasteiger partial charge in [-0.2, -0.15) is 0 Å². The summed E-state index contributed by atoms with van der Waals surface area (Å²) in [7, 11) is 1.54. The van der Waals surface area contributed by atoms with Crippen LogP contribution in [0.25, 0.3) is 6.08 Å². The van der Waals surface area contributed by atoms with Crippen LogP contribution < -0.4 is 14.4 Å². The van der Waals surface area contributed by atoms with E-state index >= 15 is 0 Å². The fourth-order valence-corrected chi connectivity index (χ4v) is 3.95. The Kier molecular flexibility index (Phi) is 6.07. The molecule has 1 amide bonds. The largest absolute Gasteiger partial charge is 0.493 e. The van der Waals surface area contributed by atoms with Gasteiger partial charge in [0.1, 0.15) is 6.61 Å². The summed E-state index contributed by atoms with van der Waals surface area (Å²) in [6.07, 6.45) is 6.98. The molecule has 0 atom stereocenters. The maximum Gasteiger partial charge on any atom is 0.270 e. The molecule has 2 aromatic carbocycles. The first-order valence-corrected chi connectivity index (χ1v) is 9.41. The standard InChI is InChI=1S/C20H14ClNO3S2/c1-3-9-25-16-8-7-13(10-17(16)24-2)11-18-19(23)22(20(26)27-18)15-6-4-5-14(21)12-15/h1,4-8,10-12H,9H2,2H3/b18-11+. The topological polar surface area (TPSA) is 38.8 Å². The van der Waals surface area contributed by atoms with Gasteiger partial charge in [0, 0.05) is 5.02 Å². The summed E-state index contributed by atoms with van der Waals surface area (Å²) in [6.45, 7) is 0.147. The molecule has 1 heterocycles. The van der Waals surface area contributed by atoms with Crippen molar-refractivity contribution >= 4 is 57.6 Å². The van der Waals surface area contributed by atoms with E-state index in [-0.39, 0.29) is 12.5 Å². The number of anilines is 1. The van der Waals surface area contributed by atoms with Gasteiger partial charge in [-0.05, 0) is 42.0 Å². The minimum Gasteiger partial charge on any atom is -0.493 e. The number of nitrogens with zero attached hydrogens (tertiary/aromatic N) is 1. The monoisotopic (exact) mass is 415 g/mol. The predicted molar refractivity (Wildman–Crippen MR) is 114 cm³/mol. The Labute approximate surface area is 172 Å². The molecule has 2 aromatic rings. The zero-order valence-electron chi connectivity index (χ0n) is 14.3. The van der Waals surface area contributed by atoms with E-state index in [0.29, 0.717) is 31.4 Å². The summed E-state index contributed by atoms with van der Waals surface area (Å²) in [6, 6.07) is 12.4. The van der Waals surface area contributed by atoms with E-state index in [0.717, 1.165) is 5.56 Å². The van der Waals surface area contributed by atoms with Crippen LogP contribution in [-0.4, -0.2) is 23.9 Å². The molecule has 1 fully saturated rings. The zero-order valence-corrected chi connectivity index (χ0v) is 16.7. The molecule has 0 radical (unpaired) electrons. The lowest BCUT2D eigenvalue weighted by Crippen LogP contribution is -2.27. The summed E-state index contributed by atoms with van der Waals surface area (Å²) >= 11 is 12.6. The SMILES string of the molecule is C#CCOc1ccc(/C=C2/SC(=S)N(c3cccc(Cl)c3)C2=O)cc1OC. The third-order valence-corrected chi connectivity index (χ3v) is 5.19. The predicted octanol–water partition coefficient (Wildman–Crippen LogP) is 4.77. The number of hydrogen-bond donors (Lipinski definition) is 0. The van der Waals surface area contributed by atoms with Crippen LogP contribution in [0.5, 0.6) is 11.5 Å². The molecule has 1 saturated heterocycles. The van der Waals surface area contributed by atoms with Gasteiger partial charge in [0.25, 0.3) is 5.91 Å². The number of terminal acetylenes is 1. The lowest BCUT2D eigenvalue weighted by atomic mass is 10.2. The maximum absolute atomic E-state index is 12.8. The second kappa shape index (κ2) is 8.49. The van der Waals surface area contributed by atoms with Crippen molar-refractivity contribution in [1.29, 1.82) is 0 Å². The van der Waals surface area contributed by atoms with Gasteiger partial charge in [-0.3, -0.25) is 9.69 Å². The Hall–Kier alpha value is -2.46. The Morgan fingerprint density at radius 1 is 1.30 bits per heavy atom. The van der Waals surface area contributed by atoms with Gasteiger partial charge >= 0.3 is 0 Å². The molecule has 27 heavy (non-hydrogen) atoms. The van der Waals surface area contributed by atoms with Crippen LogP contribution in [0.3, 0.4) is 0 Å². The smallest absolute Gasteiger partial charge is 0.270 e. The number of methoxy groups -OCH3 is 1. The Balaban J connectivity index is 1.88. The highest BCUT2D eigenvalue weighted by Gasteiger charge is 2.33. The van der Waals surface area contributed by atoms with Crippen LogP contribution in [0.1, 0.15) is 5.56 Å². The highest BCUT2D eigenvalue weighted by Crippen LogP contribution is 2.37. The first-order valence-electron chi connectivity index (χ1n) is 7.81. The number of ether oxygens (including phenoxy) is 2. The summed E-state index contributed by atoms with van der Waals surface area (Å²) in [5.74, 6) is 3.29. The van der Waals surface area contributed by atoms with Crippen molar-refractivity contribution in [3.05, 3.63) is 58.0 Å². The Bertz CT molecular complexity index is 981. The van der Waals surface area contributed by atoms with Gasteiger partial charge in [0.05, 0.1) is 17.7 Å². The van der Waals surface area contributed by atoms with E-state index in [1.807, 2.05) is 6.07 Å². The van der Waals surface area contributed by atoms with Crippen LogP contribution in [-0.2, 0) is 4.79 Å². The molecule has 7 heteroatoms. The third kappa shape index (κ3) is 4.28. The molecule has 0 N–H and O–H groups in total. The van der Waals surface area contributed by atoms with Crippen LogP contribution in [0.15, 0.2) is 47.4 Å². The summed E-state index contributed by atoms with van der Waals surface area (Å²) in [5.41, 5.74) is 1.43. The molecular weight excluding hydrogens is 402 g/mol. The van der Waals surface area contributed by atoms with E-state index in [4.69, 9.17) is 39.7 Å². The quantitative estimate of drug-likeness (QED) is 0.399. The average molecular weight is 416 g/mol. The molecule has 3 rings (SSSR count). The van der Waals surface area contributed by atoms with Crippen LogP contribution >= 0.6 is 35.6 Å². The maximum atomic E-state index is 12.8. The van der Waals surface area contributed by atoms with Crippen molar-refractivity contribution in [2.45, 2.75) is 0 Å². The number of rotatable bonds is 5. The zero-order chi connectivity index (χ0) is 19.4. The van der Waals surface area contributed by atoms with Crippen LogP contribution in [0, 0.1) is 12.3 Å². The lowest BCUT2D eigenvalue weighted by molar-refractivity contribution is -0.113. The fraction of sp³-hybridized carbons (Fsp3) is 0.100. The van der Waals surface area contributed by atoms with Crippen molar-refractivity contribution in [1.82, 2.24) is 0 Å². The van der Waals surface area contributed by atoms with Gasteiger partial charge in [-0.15, -0.1) is 6.42 Å². The number of thiocarbonyl (C=S) groups is 1. The second-order valence-electron chi connectivity index (χ2n) is 5.40. The summed E-state index contributed by atoms with van der Waals surface area (Å²) in [4.78, 5) is 14.8. The number of benzene rings is 2. The highest BCUT2D eigenvalue weighted by atomic mass is 35.5. The molecule has 0 saturated carbocycles. The van der Waals surface area contributed by atoms with Gasteiger partial charge in [0.15, 0.2) is 15.8 Å². The fourth-order valence-electron chi connectivity index (χ4n) is 2.47. The third-order valence-electron chi connectivity index (χ3n) is 3.66. The van der Waals surface area contributed by atoms with Crippen molar-refractivity contribution in [3.63, 3.8) is 0 Å². The van der Waals surface area contributed by atoms with Gasteiger partial charge < -0.3 is 9.47 Å². The Morgan fingerprint density at radius 3 is 2.81 bits per heavy atom. The molecular formula is C20H14ClNO3S2. The number of amides is 1. The van der Waals surface area contributed by atoms with Gasteiger partial charge in [-0.25, -0.2) is 0 Å². The molecule has 1 aliphatic heterocycles. The Morgan fingerprint density at radius 2 is 2.11 bits per heavy atom. The van der Waals surface area contributed by atoms with E-state index < -0.39 is 0 Å². The van der Waals surface area contributed by atoms with E-state index in [1.54, 1.807) is 49.6 Å². The molecule has 0 aromatic heterocycles. The first kappa shape index (κ1) is 19.3. The molecule has 0 spiro atoms. The van der Waals surface area contributed by atoms with E-state index in [2.05, 4.69) is 5.92 Å². The number of hydrogen-bond acceptors (Lipinski definition) is 5. The molecule has 136 valence electrons. The van der Waals surface area contributed by atoms with Crippen LogP contribution in [0.4, 0.5) is 5.69 Å². The van der Waals surface area contributed by atoms with Crippen molar-refractivity contribution < 1.29 is 14.3 Å². The first-order chi connectivity index (χ1) is 13.0. The average Bonchev–Trinajstić information content (AvgIpc) is 2.93. The molecule has 1 aliphatic rings. The van der Waals surface area contributed by atoms with E-state index in [9.17, 15) is 4.79 Å². The van der Waals surface area contributed by atoms with Gasteiger partial charge in [-0.1, -0.05) is 53.6 Å². The van der Waals surface area contributed by atoms with Crippen molar-refractivity contribution in [2.24, 2.45) is 0 Å². The molecule has 4 nitrogen and oxygen atoms in total. The molecule has 0 unspecified atom stereocenters. The van der Waals surface area contributed by atoms with Gasteiger partial charge in [0.2, 0.25) is 0 Å². The van der Waals surface area contributed by atoms with Crippen molar-refractivity contribution in [2.75, 3.05) is 18.6 Å². The number of carbonyl (C=O) groups is 1. The van der Waals surface area contributed by atoms with E-state index in [1.165, 1.54) is 16.7 Å². The highest BCUT2D eigenvalue weighted by molar-refractivity contribution is 8.27. The minimum atomic E-state index is -0.195. The normalized spacial score (nSPS) is 15.1. The summed E-state index contributed by atoms with van der Waals surface area (Å²) < 4.78 is 11.2. The number of halogens is 1. The minimum absolute atomic E-state index is 0.147. The number of carbonyl (C=O) groups excluding carboxylic acids is 1. The van der Waals surface area contributed by atoms with Crippen LogP contribution in [0.2, 0.25) is 5.02 Å². The second-order valence-corrected chi connectivity index (χ2v) is 7.51.